The summed E-state index contributed by atoms with van der Waals surface area (Å²) in [5.74, 6) is -1.77. The first kappa shape index (κ1) is 23.9. The van der Waals surface area contributed by atoms with E-state index in [9.17, 15) is 14.4 Å². The number of carbonyl (C=O) groups excluding carboxylic acids is 3. The van der Waals surface area contributed by atoms with Gasteiger partial charge in [-0.05, 0) is 50.4 Å². The minimum Gasteiger partial charge on any atom is -0.352 e. The number of urea groups is 1. The van der Waals surface area contributed by atoms with E-state index in [1.807, 2.05) is 0 Å². The van der Waals surface area contributed by atoms with Gasteiger partial charge in [0, 0.05) is 24.0 Å². The number of piperidine rings is 1. The third-order valence-electron chi connectivity index (χ3n) is 8.96. The van der Waals surface area contributed by atoms with E-state index in [1.165, 1.54) is 0 Å². The maximum absolute atomic E-state index is 15.6. The van der Waals surface area contributed by atoms with Crippen molar-refractivity contribution in [2.45, 2.75) is 101 Å². The van der Waals surface area contributed by atoms with Gasteiger partial charge in [0.15, 0.2) is 0 Å². The van der Waals surface area contributed by atoms with Gasteiger partial charge in [-0.1, -0.05) is 20.3 Å². The van der Waals surface area contributed by atoms with Gasteiger partial charge in [-0.3, -0.25) is 20.2 Å². The van der Waals surface area contributed by atoms with Gasteiger partial charge < -0.3 is 15.5 Å². The largest absolute Gasteiger partial charge is 0.352 e. The molecule has 3 aliphatic heterocycles. The van der Waals surface area contributed by atoms with Crippen LogP contribution in [0, 0.1) is 23.7 Å². The molecule has 10 unspecified atom stereocenters. The number of alkyl halides is 2. The molecule has 0 spiro atoms. The summed E-state index contributed by atoms with van der Waals surface area (Å²) in [5, 5.41) is 12.1. The summed E-state index contributed by atoms with van der Waals surface area (Å²) in [6.45, 7) is 4.30. The molecule has 34 heavy (non-hydrogen) atoms. The van der Waals surface area contributed by atoms with Crippen molar-refractivity contribution in [1.82, 2.24) is 26.2 Å². The number of carbonyl (C=O) groups is 3. The number of imide groups is 1. The lowest BCUT2D eigenvalue weighted by molar-refractivity contribution is -0.137. The van der Waals surface area contributed by atoms with Crippen molar-refractivity contribution < 1.29 is 23.2 Å². The Hall–Kier alpha value is -1.81. The van der Waals surface area contributed by atoms with Crippen molar-refractivity contribution in [3.05, 3.63) is 0 Å². The van der Waals surface area contributed by atoms with Crippen molar-refractivity contribution in [1.29, 1.82) is 0 Å². The summed E-state index contributed by atoms with van der Waals surface area (Å²) in [7, 11) is 0. The van der Waals surface area contributed by atoms with Crippen LogP contribution in [0.25, 0.3) is 0 Å². The van der Waals surface area contributed by atoms with E-state index < -0.39 is 54.4 Å². The lowest BCUT2D eigenvalue weighted by Crippen LogP contribution is -2.77. The van der Waals surface area contributed by atoms with Crippen LogP contribution in [-0.4, -0.2) is 72.0 Å². The van der Waals surface area contributed by atoms with Crippen LogP contribution in [0.15, 0.2) is 0 Å². The van der Waals surface area contributed by atoms with E-state index in [-0.39, 0.29) is 42.8 Å². The van der Waals surface area contributed by atoms with Gasteiger partial charge in [-0.2, -0.15) is 0 Å². The first-order valence-corrected chi connectivity index (χ1v) is 13.0. The average molecular weight is 482 g/mol. The van der Waals surface area contributed by atoms with E-state index in [0.717, 1.165) is 19.3 Å². The molecule has 5 rings (SSSR count). The van der Waals surface area contributed by atoms with Gasteiger partial charge in [-0.25, -0.2) is 13.6 Å². The van der Waals surface area contributed by atoms with E-state index in [1.54, 1.807) is 4.90 Å². The van der Waals surface area contributed by atoms with Crippen LogP contribution in [0.2, 0.25) is 0 Å². The topological polar surface area (TPSA) is 103 Å². The van der Waals surface area contributed by atoms with Crippen LogP contribution >= 0.6 is 0 Å². The van der Waals surface area contributed by atoms with E-state index in [4.69, 9.17) is 0 Å². The predicted octanol–water partition coefficient (Wildman–Crippen LogP) is 1.60. The molecule has 0 aromatic heterocycles. The zero-order valence-corrected chi connectivity index (χ0v) is 19.9. The van der Waals surface area contributed by atoms with E-state index in [2.05, 4.69) is 35.1 Å². The molecular weight excluding hydrogens is 444 g/mol. The Bertz CT molecular complexity index is 828. The maximum Gasteiger partial charge on any atom is 0.325 e. The third-order valence-corrected chi connectivity index (χ3v) is 8.96. The van der Waals surface area contributed by atoms with Gasteiger partial charge in [0.05, 0.1) is 24.7 Å². The van der Waals surface area contributed by atoms with Crippen LogP contribution in [0.5, 0.6) is 0 Å². The van der Waals surface area contributed by atoms with Gasteiger partial charge in [0.25, 0.3) is 0 Å². The molecule has 190 valence electrons. The average Bonchev–Trinajstić information content (AvgIpc) is 2.78. The molecule has 5 aliphatic rings. The Balaban J connectivity index is 1.58. The molecule has 10 heteroatoms. The Morgan fingerprint density at radius 1 is 0.971 bits per heavy atom. The molecule has 0 radical (unpaired) electrons. The molecule has 3 saturated heterocycles. The molecule has 0 aromatic rings. The summed E-state index contributed by atoms with van der Waals surface area (Å²) >= 11 is 0. The van der Waals surface area contributed by atoms with Crippen LogP contribution < -0.4 is 21.3 Å². The SMILES string of the molecule is CC(C)C1CCCC2NCC(=O)NC3CCCC(F)C3C3NC4C(CC3F)C(=O)NC(=O)N4C21. The molecule has 2 bridgehead atoms. The van der Waals surface area contributed by atoms with E-state index >= 15 is 8.78 Å². The van der Waals surface area contributed by atoms with Gasteiger partial charge >= 0.3 is 6.03 Å². The quantitative estimate of drug-likeness (QED) is 0.456. The lowest BCUT2D eigenvalue weighted by Gasteiger charge is -2.56. The van der Waals surface area contributed by atoms with Crippen LogP contribution in [0.1, 0.15) is 58.8 Å². The molecule has 2 saturated carbocycles. The van der Waals surface area contributed by atoms with Crippen molar-refractivity contribution >= 4 is 17.8 Å². The van der Waals surface area contributed by atoms with Crippen molar-refractivity contribution in [2.75, 3.05) is 6.54 Å². The first-order chi connectivity index (χ1) is 16.3. The zero-order chi connectivity index (χ0) is 24.1. The monoisotopic (exact) mass is 481 g/mol. The Morgan fingerprint density at radius 2 is 1.71 bits per heavy atom. The fraction of sp³-hybridized carbons (Fsp3) is 0.875. The smallest absolute Gasteiger partial charge is 0.325 e. The van der Waals surface area contributed by atoms with Crippen molar-refractivity contribution in [2.24, 2.45) is 23.7 Å². The molecule has 3 heterocycles. The number of nitrogens with zero attached hydrogens (tertiary/aromatic N) is 1. The Morgan fingerprint density at radius 3 is 2.47 bits per heavy atom. The summed E-state index contributed by atoms with van der Waals surface area (Å²) in [5.41, 5.74) is 0. The zero-order valence-electron chi connectivity index (χ0n) is 19.9. The fourth-order valence-corrected chi connectivity index (χ4v) is 7.38. The maximum atomic E-state index is 15.6. The second-order valence-electron chi connectivity index (χ2n) is 11.2. The van der Waals surface area contributed by atoms with Crippen LogP contribution in [0.4, 0.5) is 13.6 Å². The summed E-state index contributed by atoms with van der Waals surface area (Å²) in [6, 6.07) is -2.26. The Labute approximate surface area is 199 Å². The normalized spacial score (nSPS) is 45.3. The highest BCUT2D eigenvalue weighted by Crippen LogP contribution is 2.41. The summed E-state index contributed by atoms with van der Waals surface area (Å²) in [4.78, 5) is 40.7. The van der Waals surface area contributed by atoms with Gasteiger partial charge in [-0.15, -0.1) is 0 Å². The Kier molecular flexibility index (Phi) is 6.56. The highest BCUT2D eigenvalue weighted by molar-refractivity contribution is 5.98. The van der Waals surface area contributed by atoms with Crippen molar-refractivity contribution in [3.63, 3.8) is 0 Å². The lowest BCUT2D eigenvalue weighted by atomic mass is 9.71. The second-order valence-corrected chi connectivity index (χ2v) is 11.2. The number of rotatable bonds is 1. The third kappa shape index (κ3) is 4.10. The molecule has 0 aromatic carbocycles. The number of hydrogen-bond acceptors (Lipinski definition) is 5. The predicted molar refractivity (Wildman–Crippen MR) is 121 cm³/mol. The number of amides is 4. The molecule has 8 nitrogen and oxygen atoms in total. The minimum atomic E-state index is -1.45. The fourth-order valence-electron chi connectivity index (χ4n) is 7.38. The molecule has 2 aliphatic carbocycles. The molecular formula is C24H37F2N5O3. The van der Waals surface area contributed by atoms with E-state index in [0.29, 0.717) is 19.3 Å². The second kappa shape index (κ2) is 9.33. The van der Waals surface area contributed by atoms with Crippen LogP contribution in [-0.2, 0) is 9.59 Å². The number of hydrogen-bond donors (Lipinski definition) is 4. The standard InChI is InChI=1S/C24H37F2N5O3/c1-11(2)12-5-3-8-17-21(12)31-22-13(23(33)30-24(31)34)9-15(26)20(29-22)19-14(25)6-4-7-16(19)28-18(32)10-27-17/h11-17,19-22,27,29H,3-10H2,1-2H3,(H,28,32)(H,30,33,34). The first-order valence-electron chi connectivity index (χ1n) is 13.0. The highest BCUT2D eigenvalue weighted by Gasteiger charge is 2.56. The summed E-state index contributed by atoms with van der Waals surface area (Å²) in [6.07, 6.45) is 0.727. The van der Waals surface area contributed by atoms with Gasteiger partial charge in [0.2, 0.25) is 11.8 Å². The molecule has 10 atom stereocenters. The number of halogens is 2. The highest BCUT2D eigenvalue weighted by atomic mass is 19.1. The van der Waals surface area contributed by atoms with Crippen LogP contribution in [0.3, 0.4) is 0 Å². The van der Waals surface area contributed by atoms with Gasteiger partial charge in [0.1, 0.15) is 12.3 Å². The summed E-state index contributed by atoms with van der Waals surface area (Å²) < 4.78 is 30.9. The molecule has 4 N–H and O–H groups in total. The number of fused-ring (bicyclic) bond motifs is 5. The number of nitrogens with one attached hydrogen (secondary N) is 4. The minimum absolute atomic E-state index is 0.0613. The molecule has 5 fully saturated rings. The molecule has 4 amide bonds. The van der Waals surface area contributed by atoms with Crippen molar-refractivity contribution in [3.8, 4) is 0 Å².